The molecule has 4 aromatic carbocycles. The number of rotatable bonds is 14. The molecule has 10 nitrogen and oxygen atoms in total. The quantitative estimate of drug-likeness (QED) is 0.119. The van der Waals surface area contributed by atoms with Crippen LogP contribution in [0.5, 0.6) is 5.75 Å². The van der Waals surface area contributed by atoms with Gasteiger partial charge in [-0.15, -0.1) is 0 Å². The molecule has 48 heavy (non-hydrogen) atoms. The van der Waals surface area contributed by atoms with E-state index in [4.69, 9.17) is 14.5 Å². The van der Waals surface area contributed by atoms with Gasteiger partial charge in [-0.25, -0.2) is 9.59 Å². The van der Waals surface area contributed by atoms with Crippen molar-refractivity contribution in [3.05, 3.63) is 126 Å². The molecular formula is C38H40N4O6. The summed E-state index contributed by atoms with van der Waals surface area (Å²) in [6.45, 7) is 3.18. The molecule has 3 N–H and O–H groups in total. The highest BCUT2D eigenvalue weighted by Gasteiger charge is 2.36. The minimum absolute atomic E-state index is 0.0541. The summed E-state index contributed by atoms with van der Waals surface area (Å²) in [5.41, 5.74) is 3.54. The van der Waals surface area contributed by atoms with Gasteiger partial charge in [0, 0.05) is 23.4 Å². The molecule has 0 saturated carbocycles. The van der Waals surface area contributed by atoms with Crippen molar-refractivity contribution < 1.29 is 29.0 Å². The number of carbonyl (C=O) groups excluding carboxylic acids is 2. The largest absolute Gasteiger partial charge is 0.497 e. The average molecular weight is 649 g/mol. The molecule has 0 radical (unpaired) electrons. The Morgan fingerprint density at radius 3 is 2.25 bits per heavy atom. The Morgan fingerprint density at radius 2 is 1.58 bits per heavy atom. The van der Waals surface area contributed by atoms with Crippen LogP contribution in [0.25, 0.3) is 0 Å². The van der Waals surface area contributed by atoms with Gasteiger partial charge in [0.1, 0.15) is 5.75 Å². The maximum atomic E-state index is 13.8. The second-order valence-corrected chi connectivity index (χ2v) is 11.4. The van der Waals surface area contributed by atoms with Crippen LogP contribution in [0.15, 0.2) is 114 Å². The molecule has 3 atom stereocenters. The smallest absolute Gasteiger partial charge is 0.331 e. The lowest BCUT2D eigenvalue weighted by molar-refractivity contribution is -0.149. The SMILES string of the molecule is CCOC(=O)[C@H](Nc1ccc(OC)cc1)[C@H](N=C(c1ccccc1)c1ccccc1NC(=O)[C@@H]1CCCN1Cc1ccccc1)C(=O)O. The Morgan fingerprint density at radius 1 is 0.917 bits per heavy atom. The molecule has 248 valence electrons. The van der Waals surface area contributed by atoms with E-state index in [0.717, 1.165) is 24.9 Å². The van der Waals surface area contributed by atoms with Crippen molar-refractivity contribution in [3.8, 4) is 5.75 Å². The van der Waals surface area contributed by atoms with Crippen molar-refractivity contribution in [2.75, 3.05) is 30.9 Å². The number of nitrogens with one attached hydrogen (secondary N) is 2. The Balaban J connectivity index is 1.51. The lowest BCUT2D eigenvalue weighted by Crippen LogP contribution is -2.45. The summed E-state index contributed by atoms with van der Waals surface area (Å²) in [7, 11) is 1.54. The minimum Gasteiger partial charge on any atom is -0.497 e. The highest BCUT2D eigenvalue weighted by molar-refractivity contribution is 6.18. The average Bonchev–Trinajstić information content (AvgIpc) is 3.58. The number of para-hydroxylation sites is 1. The molecule has 0 aromatic heterocycles. The first-order valence-corrected chi connectivity index (χ1v) is 16.0. The standard InChI is InChI=1S/C38H40N4O6/c1-3-48-38(46)35(39-28-20-22-29(47-2)23-21-28)34(37(44)45)41-33(27-15-8-5-9-16-27)30-17-10-11-18-31(30)40-36(43)32-19-12-24-42(32)25-26-13-6-4-7-14-26/h4-11,13-18,20-23,32,34-35,39H,3,12,19,24-25H2,1-2H3,(H,40,43)(H,44,45)/t32-,34-,35+/m0/s1. The molecule has 1 aliphatic heterocycles. The second-order valence-electron chi connectivity index (χ2n) is 11.4. The van der Waals surface area contributed by atoms with Gasteiger partial charge in [0.2, 0.25) is 5.91 Å². The molecule has 10 heteroatoms. The lowest BCUT2D eigenvalue weighted by atomic mass is 9.98. The number of benzene rings is 4. The van der Waals surface area contributed by atoms with Gasteiger partial charge in [-0.2, -0.15) is 0 Å². The normalized spacial score (nSPS) is 16.0. The summed E-state index contributed by atoms with van der Waals surface area (Å²) in [5.74, 6) is -1.64. The lowest BCUT2D eigenvalue weighted by Gasteiger charge is -2.25. The van der Waals surface area contributed by atoms with Gasteiger partial charge in [0.25, 0.3) is 0 Å². The first kappa shape index (κ1) is 33.9. The summed E-state index contributed by atoms with van der Waals surface area (Å²) >= 11 is 0. The molecule has 1 amide bonds. The number of carboxylic acid groups (broad SMARTS) is 1. The highest BCUT2D eigenvalue weighted by Crippen LogP contribution is 2.26. The molecule has 0 aliphatic carbocycles. The van der Waals surface area contributed by atoms with Gasteiger partial charge in [0.15, 0.2) is 12.1 Å². The van der Waals surface area contributed by atoms with E-state index in [2.05, 4.69) is 27.7 Å². The van der Waals surface area contributed by atoms with E-state index < -0.39 is 24.0 Å². The molecule has 1 fully saturated rings. The van der Waals surface area contributed by atoms with Gasteiger partial charge < -0.3 is 25.2 Å². The van der Waals surface area contributed by atoms with Crippen LogP contribution in [0.2, 0.25) is 0 Å². The van der Waals surface area contributed by atoms with E-state index >= 15 is 0 Å². The van der Waals surface area contributed by atoms with Crippen LogP contribution in [0, 0.1) is 0 Å². The van der Waals surface area contributed by atoms with Crippen LogP contribution in [0.1, 0.15) is 36.5 Å². The van der Waals surface area contributed by atoms with Crippen molar-refractivity contribution >= 4 is 34.9 Å². The maximum absolute atomic E-state index is 13.8. The maximum Gasteiger partial charge on any atom is 0.331 e. The third-order valence-corrected chi connectivity index (χ3v) is 8.17. The summed E-state index contributed by atoms with van der Waals surface area (Å²) in [6.07, 6.45) is 1.62. The summed E-state index contributed by atoms with van der Waals surface area (Å²) in [5, 5.41) is 16.7. The molecule has 0 spiro atoms. The van der Waals surface area contributed by atoms with Crippen molar-refractivity contribution in [3.63, 3.8) is 0 Å². The monoisotopic (exact) mass is 648 g/mol. The zero-order valence-corrected chi connectivity index (χ0v) is 27.0. The zero-order chi connectivity index (χ0) is 33.9. The van der Waals surface area contributed by atoms with Gasteiger partial charge >= 0.3 is 11.9 Å². The highest BCUT2D eigenvalue weighted by atomic mass is 16.5. The fourth-order valence-corrected chi connectivity index (χ4v) is 5.82. The molecule has 0 bridgehead atoms. The number of likely N-dealkylation sites (tertiary alicyclic amines) is 1. The van der Waals surface area contributed by atoms with Gasteiger partial charge in [-0.3, -0.25) is 14.7 Å². The number of carbonyl (C=O) groups is 3. The van der Waals surface area contributed by atoms with Crippen molar-refractivity contribution in [1.29, 1.82) is 0 Å². The van der Waals surface area contributed by atoms with Gasteiger partial charge in [-0.1, -0.05) is 78.9 Å². The molecule has 0 unspecified atom stereocenters. The van der Waals surface area contributed by atoms with Gasteiger partial charge in [-0.05, 0) is 62.2 Å². The number of ether oxygens (including phenoxy) is 2. The van der Waals surface area contributed by atoms with E-state index in [9.17, 15) is 19.5 Å². The van der Waals surface area contributed by atoms with E-state index in [1.165, 1.54) is 0 Å². The predicted octanol–water partition coefficient (Wildman–Crippen LogP) is 5.63. The number of hydrogen-bond acceptors (Lipinski definition) is 8. The Bertz CT molecular complexity index is 1710. The zero-order valence-electron chi connectivity index (χ0n) is 27.0. The number of anilines is 2. The van der Waals surface area contributed by atoms with Crippen LogP contribution in [0.3, 0.4) is 0 Å². The van der Waals surface area contributed by atoms with E-state index in [1.807, 2.05) is 48.5 Å². The first-order valence-electron chi connectivity index (χ1n) is 16.0. The minimum atomic E-state index is -1.60. The fourth-order valence-electron chi connectivity index (χ4n) is 5.82. The third kappa shape index (κ3) is 8.45. The van der Waals surface area contributed by atoms with Crippen molar-refractivity contribution in [1.82, 2.24) is 4.90 Å². The molecule has 5 rings (SSSR count). The second kappa shape index (κ2) is 16.4. The molecular weight excluding hydrogens is 608 g/mol. The Labute approximate surface area is 280 Å². The number of hydrogen-bond donors (Lipinski definition) is 3. The topological polar surface area (TPSA) is 130 Å². The van der Waals surface area contributed by atoms with E-state index in [-0.39, 0.29) is 18.6 Å². The van der Waals surface area contributed by atoms with Crippen LogP contribution in [-0.2, 0) is 25.7 Å². The Kier molecular flexibility index (Phi) is 11.6. The summed E-state index contributed by atoms with van der Waals surface area (Å²) < 4.78 is 10.5. The summed E-state index contributed by atoms with van der Waals surface area (Å²) in [6, 6.07) is 29.8. The van der Waals surface area contributed by atoms with Crippen LogP contribution < -0.4 is 15.4 Å². The fraction of sp³-hybridized carbons (Fsp3) is 0.263. The van der Waals surface area contributed by atoms with Crippen LogP contribution in [-0.4, -0.2) is 72.0 Å². The number of methoxy groups -OCH3 is 1. The van der Waals surface area contributed by atoms with E-state index in [1.54, 1.807) is 62.6 Å². The number of aliphatic carboxylic acids is 1. The number of nitrogens with zero attached hydrogens (tertiary/aromatic N) is 2. The van der Waals surface area contributed by atoms with E-state index in [0.29, 0.717) is 40.5 Å². The van der Waals surface area contributed by atoms with Crippen LogP contribution >= 0.6 is 0 Å². The number of carboxylic acids is 1. The van der Waals surface area contributed by atoms with Crippen molar-refractivity contribution in [2.24, 2.45) is 4.99 Å². The third-order valence-electron chi connectivity index (χ3n) is 8.17. The number of esters is 1. The van der Waals surface area contributed by atoms with Crippen molar-refractivity contribution in [2.45, 2.75) is 44.4 Å². The summed E-state index contributed by atoms with van der Waals surface area (Å²) in [4.78, 5) is 46.9. The van der Waals surface area contributed by atoms with Crippen LogP contribution in [0.4, 0.5) is 11.4 Å². The first-order chi connectivity index (χ1) is 23.4. The van der Waals surface area contributed by atoms with Gasteiger partial charge in [0.05, 0.1) is 31.2 Å². The molecule has 1 aliphatic rings. The predicted molar refractivity (Wildman–Crippen MR) is 185 cm³/mol. The molecule has 1 saturated heterocycles. The number of amides is 1. The molecule has 1 heterocycles. The molecule has 4 aromatic rings. The number of aliphatic imine (C=N–C) groups is 1. The Hall–Kier alpha value is -5.48.